The third-order valence-electron chi connectivity index (χ3n) is 2.42. The number of hydrogen-bond acceptors (Lipinski definition) is 4. The molecule has 0 spiro atoms. The van der Waals surface area contributed by atoms with Crippen LogP contribution in [0.5, 0.6) is 0 Å². The smallest absolute Gasteiger partial charge is 0.235 e. The SMILES string of the molecule is Cc1nccn1-c1ncc(N)c(C(C)C)n1. The lowest BCUT2D eigenvalue weighted by molar-refractivity contribution is 0.788. The molecule has 2 N–H and O–H groups in total. The van der Waals surface area contributed by atoms with E-state index in [1.165, 1.54) is 0 Å². The lowest BCUT2D eigenvalue weighted by Crippen LogP contribution is -2.08. The van der Waals surface area contributed by atoms with Crippen LogP contribution in [-0.2, 0) is 0 Å². The van der Waals surface area contributed by atoms with Crippen LogP contribution in [-0.4, -0.2) is 19.5 Å². The van der Waals surface area contributed by atoms with Crippen LogP contribution in [0.3, 0.4) is 0 Å². The zero-order chi connectivity index (χ0) is 11.7. The van der Waals surface area contributed by atoms with Crippen molar-refractivity contribution in [2.24, 2.45) is 0 Å². The van der Waals surface area contributed by atoms with E-state index in [0.29, 0.717) is 11.6 Å². The standard InChI is InChI=1S/C11H15N5/c1-7(2)10-9(12)6-14-11(15-10)16-5-4-13-8(16)3/h4-7H,12H2,1-3H3. The number of nitrogens with two attached hydrogens (primary N) is 1. The van der Waals surface area contributed by atoms with Gasteiger partial charge in [-0.05, 0) is 12.8 Å². The number of anilines is 1. The molecule has 84 valence electrons. The molecule has 0 saturated heterocycles. The molecule has 5 nitrogen and oxygen atoms in total. The average molecular weight is 217 g/mol. The summed E-state index contributed by atoms with van der Waals surface area (Å²) in [7, 11) is 0. The Balaban J connectivity index is 2.52. The monoisotopic (exact) mass is 217 g/mol. The van der Waals surface area contributed by atoms with Gasteiger partial charge in [-0.2, -0.15) is 0 Å². The topological polar surface area (TPSA) is 69.6 Å². The predicted molar refractivity (Wildman–Crippen MR) is 62.4 cm³/mol. The van der Waals surface area contributed by atoms with Gasteiger partial charge in [0.05, 0.1) is 17.6 Å². The largest absolute Gasteiger partial charge is 0.396 e. The van der Waals surface area contributed by atoms with Gasteiger partial charge in [-0.15, -0.1) is 0 Å². The molecule has 0 aliphatic heterocycles. The maximum absolute atomic E-state index is 5.83. The van der Waals surface area contributed by atoms with Gasteiger partial charge in [-0.3, -0.25) is 4.57 Å². The molecular weight excluding hydrogens is 202 g/mol. The molecule has 5 heteroatoms. The van der Waals surface area contributed by atoms with E-state index >= 15 is 0 Å². The van der Waals surface area contributed by atoms with Crippen LogP contribution in [0.25, 0.3) is 5.95 Å². The Morgan fingerprint density at radius 1 is 1.31 bits per heavy atom. The fourth-order valence-corrected chi connectivity index (χ4v) is 1.56. The molecule has 0 bridgehead atoms. The van der Waals surface area contributed by atoms with Crippen molar-refractivity contribution in [1.29, 1.82) is 0 Å². The molecule has 0 unspecified atom stereocenters. The number of aryl methyl sites for hydroxylation is 1. The number of nitrogens with zero attached hydrogens (tertiary/aromatic N) is 4. The number of rotatable bonds is 2. The van der Waals surface area contributed by atoms with Crippen molar-refractivity contribution in [2.75, 3.05) is 5.73 Å². The van der Waals surface area contributed by atoms with E-state index in [-0.39, 0.29) is 5.92 Å². The van der Waals surface area contributed by atoms with Gasteiger partial charge in [-0.25, -0.2) is 15.0 Å². The molecule has 0 radical (unpaired) electrons. The maximum Gasteiger partial charge on any atom is 0.235 e. The summed E-state index contributed by atoms with van der Waals surface area (Å²) in [6, 6.07) is 0. The molecule has 0 aliphatic rings. The molecule has 2 aromatic heterocycles. The third-order valence-corrected chi connectivity index (χ3v) is 2.42. The fraction of sp³-hybridized carbons (Fsp3) is 0.364. The Bertz CT molecular complexity index is 501. The van der Waals surface area contributed by atoms with E-state index in [1.54, 1.807) is 12.4 Å². The highest BCUT2D eigenvalue weighted by atomic mass is 15.2. The molecule has 0 fully saturated rings. The Labute approximate surface area is 94.4 Å². The van der Waals surface area contributed by atoms with Crippen molar-refractivity contribution >= 4 is 5.69 Å². The highest BCUT2D eigenvalue weighted by Gasteiger charge is 2.10. The zero-order valence-corrected chi connectivity index (χ0v) is 9.68. The molecule has 2 aromatic rings. The van der Waals surface area contributed by atoms with E-state index in [2.05, 4.69) is 28.8 Å². The first kappa shape index (κ1) is 10.6. The Hall–Kier alpha value is -1.91. The fourth-order valence-electron chi connectivity index (χ4n) is 1.56. The molecule has 2 heterocycles. The number of aromatic nitrogens is 4. The first-order valence-corrected chi connectivity index (χ1v) is 5.22. The lowest BCUT2D eigenvalue weighted by atomic mass is 10.1. The minimum atomic E-state index is 0.283. The van der Waals surface area contributed by atoms with Crippen molar-refractivity contribution in [2.45, 2.75) is 26.7 Å². The second kappa shape index (κ2) is 3.92. The van der Waals surface area contributed by atoms with Gasteiger partial charge < -0.3 is 5.73 Å². The lowest BCUT2D eigenvalue weighted by Gasteiger charge is -2.10. The summed E-state index contributed by atoms with van der Waals surface area (Å²) < 4.78 is 1.84. The predicted octanol–water partition coefficient (Wildman–Crippen LogP) is 1.68. The van der Waals surface area contributed by atoms with E-state index in [9.17, 15) is 0 Å². The molecule has 0 amide bonds. The van der Waals surface area contributed by atoms with Crippen molar-refractivity contribution in [3.05, 3.63) is 30.1 Å². The van der Waals surface area contributed by atoms with Crippen LogP contribution < -0.4 is 5.73 Å². The third kappa shape index (κ3) is 1.76. The van der Waals surface area contributed by atoms with Crippen molar-refractivity contribution in [3.8, 4) is 5.95 Å². The average Bonchev–Trinajstić information content (AvgIpc) is 2.65. The van der Waals surface area contributed by atoms with Gasteiger partial charge in [0.25, 0.3) is 0 Å². The Kier molecular flexibility index (Phi) is 2.60. The Morgan fingerprint density at radius 3 is 2.62 bits per heavy atom. The van der Waals surface area contributed by atoms with Gasteiger partial charge in [0, 0.05) is 12.4 Å². The molecular formula is C11H15N5. The molecule has 0 saturated carbocycles. The van der Waals surface area contributed by atoms with Gasteiger partial charge in [-0.1, -0.05) is 13.8 Å². The zero-order valence-electron chi connectivity index (χ0n) is 9.68. The molecule has 0 aromatic carbocycles. The number of hydrogen-bond donors (Lipinski definition) is 1. The van der Waals surface area contributed by atoms with Crippen molar-refractivity contribution in [3.63, 3.8) is 0 Å². The minimum absolute atomic E-state index is 0.283. The normalized spacial score (nSPS) is 11.0. The first-order chi connectivity index (χ1) is 7.59. The van der Waals surface area contributed by atoms with Crippen LogP contribution >= 0.6 is 0 Å². The van der Waals surface area contributed by atoms with Crippen LogP contribution in [0.15, 0.2) is 18.6 Å². The summed E-state index contributed by atoms with van der Waals surface area (Å²) in [5, 5.41) is 0. The highest BCUT2D eigenvalue weighted by molar-refractivity contribution is 5.43. The number of nitrogen functional groups attached to an aromatic ring is 1. The van der Waals surface area contributed by atoms with Gasteiger partial charge in [0.1, 0.15) is 5.82 Å². The summed E-state index contributed by atoms with van der Waals surface area (Å²) in [4.78, 5) is 12.8. The molecule has 16 heavy (non-hydrogen) atoms. The maximum atomic E-state index is 5.83. The minimum Gasteiger partial charge on any atom is -0.396 e. The summed E-state index contributed by atoms with van der Waals surface area (Å²) >= 11 is 0. The molecule has 2 rings (SSSR count). The summed E-state index contributed by atoms with van der Waals surface area (Å²) in [6.07, 6.45) is 5.21. The summed E-state index contributed by atoms with van der Waals surface area (Å²) in [5.74, 6) is 1.76. The van der Waals surface area contributed by atoms with E-state index in [4.69, 9.17) is 5.73 Å². The first-order valence-electron chi connectivity index (χ1n) is 5.22. The van der Waals surface area contributed by atoms with Crippen molar-refractivity contribution < 1.29 is 0 Å². The van der Waals surface area contributed by atoms with Gasteiger partial charge in [0.15, 0.2) is 0 Å². The molecule has 0 aliphatic carbocycles. The van der Waals surface area contributed by atoms with Crippen LogP contribution in [0.1, 0.15) is 31.3 Å². The van der Waals surface area contributed by atoms with E-state index < -0.39 is 0 Å². The summed E-state index contributed by atoms with van der Waals surface area (Å²) in [5.41, 5.74) is 7.34. The van der Waals surface area contributed by atoms with Crippen LogP contribution in [0.2, 0.25) is 0 Å². The van der Waals surface area contributed by atoms with Crippen LogP contribution in [0, 0.1) is 6.92 Å². The van der Waals surface area contributed by atoms with Gasteiger partial charge >= 0.3 is 0 Å². The highest BCUT2D eigenvalue weighted by Crippen LogP contribution is 2.19. The molecule has 0 atom stereocenters. The number of imidazole rings is 1. The second-order valence-corrected chi connectivity index (χ2v) is 4.01. The van der Waals surface area contributed by atoms with Gasteiger partial charge in [0.2, 0.25) is 5.95 Å². The van der Waals surface area contributed by atoms with Crippen LogP contribution in [0.4, 0.5) is 5.69 Å². The quantitative estimate of drug-likeness (QED) is 0.830. The summed E-state index contributed by atoms with van der Waals surface area (Å²) in [6.45, 7) is 6.03. The van der Waals surface area contributed by atoms with Crippen molar-refractivity contribution in [1.82, 2.24) is 19.5 Å². The second-order valence-electron chi connectivity index (χ2n) is 4.01. The Morgan fingerprint density at radius 2 is 2.06 bits per heavy atom. The van der Waals surface area contributed by atoms with E-state index in [1.807, 2.05) is 17.7 Å². The van der Waals surface area contributed by atoms with E-state index in [0.717, 1.165) is 11.5 Å².